The second-order valence-corrected chi connectivity index (χ2v) is 3.05. The fraction of sp³-hybridized carbons (Fsp3) is 0.375. The fourth-order valence-corrected chi connectivity index (χ4v) is 1.17. The molecule has 0 aromatic carbocycles. The lowest BCUT2D eigenvalue weighted by molar-refractivity contribution is 0.0336. The molecule has 4 nitrogen and oxygen atoms in total. The summed E-state index contributed by atoms with van der Waals surface area (Å²) in [4.78, 5) is 13.3. The lowest BCUT2D eigenvalue weighted by Crippen LogP contribution is -2.21. The number of hydrogen-bond acceptors (Lipinski definition) is 4. The van der Waals surface area contributed by atoms with Crippen molar-refractivity contribution in [2.45, 2.75) is 12.2 Å². The van der Waals surface area contributed by atoms with Crippen LogP contribution in [0.15, 0.2) is 23.1 Å². The Morgan fingerprint density at radius 3 is 2.77 bits per heavy atom. The predicted molar refractivity (Wildman–Crippen MR) is 51.9 cm³/mol. The van der Waals surface area contributed by atoms with Crippen molar-refractivity contribution in [3.05, 3.63) is 34.2 Å². The quantitative estimate of drug-likeness (QED) is 0.507. The fourth-order valence-electron chi connectivity index (χ4n) is 0.967. The summed E-state index contributed by atoms with van der Waals surface area (Å²) in [6.07, 6.45) is -0.587. The molecular weight excluding hydrogens is 190 g/mol. The van der Waals surface area contributed by atoms with E-state index in [1.54, 1.807) is 6.07 Å². The number of aliphatic hydroxyl groups excluding tert-OH is 2. The molecule has 0 radical (unpaired) electrons. The molecule has 0 saturated heterocycles. The second-order valence-electron chi connectivity index (χ2n) is 2.68. The number of aliphatic hydroxyl groups is 2. The van der Waals surface area contributed by atoms with Crippen molar-refractivity contribution in [3.63, 3.8) is 0 Å². The first-order chi connectivity index (χ1) is 6.15. The van der Waals surface area contributed by atoms with Crippen LogP contribution in [0.2, 0.25) is 0 Å². The number of rotatable bonds is 3. The third kappa shape index (κ3) is 2.58. The van der Waals surface area contributed by atoms with E-state index in [1.807, 2.05) is 0 Å². The summed E-state index contributed by atoms with van der Waals surface area (Å²) in [5.41, 5.74) is 0.0909. The van der Waals surface area contributed by atoms with Gasteiger partial charge in [0.25, 0.3) is 0 Å². The largest absolute Gasteiger partial charge is 0.389 e. The summed E-state index contributed by atoms with van der Waals surface area (Å²) in [6.45, 7) is 0. The Hall–Kier alpha value is -0.780. The minimum atomic E-state index is -1.06. The highest BCUT2D eigenvalue weighted by atomic mass is 32.1. The van der Waals surface area contributed by atoms with E-state index in [0.717, 1.165) is 0 Å². The van der Waals surface area contributed by atoms with E-state index in [-0.39, 0.29) is 11.3 Å². The van der Waals surface area contributed by atoms with Gasteiger partial charge in [-0.1, -0.05) is 0 Å². The summed E-state index contributed by atoms with van der Waals surface area (Å²) < 4.78 is 0. The maximum absolute atomic E-state index is 10.8. The summed E-state index contributed by atoms with van der Waals surface area (Å²) in [7, 11) is 0. The molecule has 0 aliphatic rings. The number of pyridine rings is 1. The number of aromatic amines is 1. The molecule has 1 heterocycles. The summed E-state index contributed by atoms with van der Waals surface area (Å²) in [5.74, 6) is 0.147. The minimum absolute atomic E-state index is 0.147. The maximum atomic E-state index is 10.8. The Morgan fingerprint density at radius 2 is 2.23 bits per heavy atom. The molecule has 1 aromatic heterocycles. The Kier molecular flexibility index (Phi) is 3.53. The molecule has 1 aromatic rings. The standard InChI is InChI=1S/C8H11NO3S/c10-6(4-13)8(12)5-1-2-9-7(11)3-5/h1-3,6,8,10,12-13H,4H2,(H,9,11). The second kappa shape index (κ2) is 4.45. The van der Waals surface area contributed by atoms with Crippen LogP contribution < -0.4 is 5.56 Å². The average molecular weight is 201 g/mol. The van der Waals surface area contributed by atoms with Crippen molar-refractivity contribution >= 4 is 12.6 Å². The molecule has 0 aliphatic carbocycles. The summed E-state index contributed by atoms with van der Waals surface area (Å²) >= 11 is 3.84. The van der Waals surface area contributed by atoms with Crippen molar-refractivity contribution in [2.75, 3.05) is 5.75 Å². The van der Waals surface area contributed by atoms with Gasteiger partial charge in [-0.05, 0) is 11.6 Å². The van der Waals surface area contributed by atoms with Crippen LogP contribution in [0.5, 0.6) is 0 Å². The van der Waals surface area contributed by atoms with Gasteiger partial charge in [0.1, 0.15) is 6.10 Å². The molecular formula is C8H11NO3S. The van der Waals surface area contributed by atoms with Crippen molar-refractivity contribution < 1.29 is 10.2 Å². The van der Waals surface area contributed by atoms with Gasteiger partial charge in [-0.25, -0.2) is 0 Å². The van der Waals surface area contributed by atoms with Crippen LogP contribution in [-0.4, -0.2) is 27.1 Å². The van der Waals surface area contributed by atoms with Crippen LogP contribution in [0.4, 0.5) is 0 Å². The molecule has 1 rings (SSSR count). The Morgan fingerprint density at radius 1 is 1.54 bits per heavy atom. The Bertz CT molecular complexity index is 325. The van der Waals surface area contributed by atoms with Crippen molar-refractivity contribution in [2.24, 2.45) is 0 Å². The smallest absolute Gasteiger partial charge is 0.248 e. The van der Waals surface area contributed by atoms with E-state index in [1.165, 1.54) is 12.3 Å². The molecule has 2 atom stereocenters. The number of nitrogens with one attached hydrogen (secondary N) is 1. The molecule has 13 heavy (non-hydrogen) atoms. The van der Waals surface area contributed by atoms with E-state index in [9.17, 15) is 15.0 Å². The van der Waals surface area contributed by atoms with Gasteiger partial charge in [0.05, 0.1) is 6.10 Å². The van der Waals surface area contributed by atoms with E-state index < -0.39 is 12.2 Å². The maximum Gasteiger partial charge on any atom is 0.248 e. The topological polar surface area (TPSA) is 73.3 Å². The van der Waals surface area contributed by atoms with E-state index in [0.29, 0.717) is 5.56 Å². The highest BCUT2D eigenvalue weighted by Crippen LogP contribution is 2.14. The average Bonchev–Trinajstić information content (AvgIpc) is 2.15. The van der Waals surface area contributed by atoms with Crippen LogP contribution in [0.1, 0.15) is 11.7 Å². The lowest BCUT2D eigenvalue weighted by atomic mass is 10.1. The predicted octanol–water partition coefficient (Wildman–Crippen LogP) is -0.301. The van der Waals surface area contributed by atoms with E-state index in [4.69, 9.17) is 0 Å². The highest BCUT2D eigenvalue weighted by molar-refractivity contribution is 7.80. The van der Waals surface area contributed by atoms with Crippen LogP contribution in [0, 0.1) is 0 Å². The van der Waals surface area contributed by atoms with Gasteiger partial charge in [0.15, 0.2) is 0 Å². The zero-order chi connectivity index (χ0) is 9.84. The number of thiol groups is 1. The monoisotopic (exact) mass is 201 g/mol. The summed E-state index contributed by atoms with van der Waals surface area (Å²) in [6, 6.07) is 2.79. The summed E-state index contributed by atoms with van der Waals surface area (Å²) in [5, 5.41) is 18.7. The molecule has 0 aliphatic heterocycles. The number of aromatic nitrogens is 1. The van der Waals surface area contributed by atoms with E-state index >= 15 is 0 Å². The van der Waals surface area contributed by atoms with Gasteiger partial charge in [-0.3, -0.25) is 4.79 Å². The SMILES string of the molecule is O=c1cc(C(O)C(O)CS)cc[nH]1. The molecule has 3 N–H and O–H groups in total. The Labute approximate surface area is 80.7 Å². The van der Waals surface area contributed by atoms with Crippen LogP contribution >= 0.6 is 12.6 Å². The van der Waals surface area contributed by atoms with Gasteiger partial charge in [0, 0.05) is 18.0 Å². The molecule has 2 unspecified atom stereocenters. The first kappa shape index (κ1) is 10.3. The van der Waals surface area contributed by atoms with Crippen LogP contribution in [0.3, 0.4) is 0 Å². The third-order valence-corrected chi connectivity index (χ3v) is 2.07. The first-order valence-corrected chi connectivity index (χ1v) is 4.44. The van der Waals surface area contributed by atoms with Crippen LogP contribution in [-0.2, 0) is 0 Å². The van der Waals surface area contributed by atoms with Gasteiger partial charge in [-0.2, -0.15) is 12.6 Å². The lowest BCUT2D eigenvalue weighted by Gasteiger charge is -2.15. The minimum Gasteiger partial charge on any atom is -0.389 e. The molecule has 72 valence electrons. The van der Waals surface area contributed by atoms with Crippen LogP contribution in [0.25, 0.3) is 0 Å². The Balaban J connectivity index is 2.88. The number of H-pyrrole nitrogens is 1. The number of hydrogen-bond donors (Lipinski definition) is 4. The van der Waals surface area contributed by atoms with Crippen molar-refractivity contribution in [1.82, 2.24) is 4.98 Å². The zero-order valence-corrected chi connectivity index (χ0v) is 7.74. The molecule has 5 heteroatoms. The normalized spacial score (nSPS) is 15.3. The van der Waals surface area contributed by atoms with E-state index in [2.05, 4.69) is 17.6 Å². The van der Waals surface area contributed by atoms with Gasteiger partial charge in [0.2, 0.25) is 5.56 Å². The molecule has 0 amide bonds. The molecule has 0 bridgehead atoms. The van der Waals surface area contributed by atoms with Gasteiger partial charge >= 0.3 is 0 Å². The zero-order valence-electron chi connectivity index (χ0n) is 6.84. The van der Waals surface area contributed by atoms with Gasteiger partial charge in [-0.15, -0.1) is 0 Å². The molecule has 0 saturated carbocycles. The highest BCUT2D eigenvalue weighted by Gasteiger charge is 2.16. The first-order valence-electron chi connectivity index (χ1n) is 3.81. The molecule has 0 fully saturated rings. The van der Waals surface area contributed by atoms with Crippen molar-refractivity contribution in [1.29, 1.82) is 0 Å². The van der Waals surface area contributed by atoms with Gasteiger partial charge < -0.3 is 15.2 Å². The van der Waals surface area contributed by atoms with Crippen molar-refractivity contribution in [3.8, 4) is 0 Å². The molecule has 0 spiro atoms. The third-order valence-electron chi connectivity index (χ3n) is 1.69.